The van der Waals surface area contributed by atoms with Gasteiger partial charge >= 0.3 is 0 Å². The topological polar surface area (TPSA) is 246 Å². The Morgan fingerprint density at radius 2 is 1.20 bits per heavy atom. The molecule has 2 heterocycles. The maximum Gasteiger partial charge on any atom is 0.243 e. The number of hydrogen-bond acceptors (Lipinski definition) is 7. The molecule has 3 aromatic carbocycles. The van der Waals surface area contributed by atoms with E-state index >= 15 is 0 Å². The number of nitrogens with one attached hydrogen (secondary N) is 6. The summed E-state index contributed by atoms with van der Waals surface area (Å²) in [7, 11) is 0. The van der Waals surface area contributed by atoms with E-state index in [1.165, 1.54) is 12.1 Å². The van der Waals surface area contributed by atoms with Crippen molar-refractivity contribution in [1.82, 2.24) is 31.6 Å². The molecular formula is C44H57N9O6. The first-order valence-electron chi connectivity index (χ1n) is 20.5. The van der Waals surface area contributed by atoms with Gasteiger partial charge in [-0.3, -0.25) is 29.0 Å². The molecule has 1 aliphatic rings. The van der Waals surface area contributed by atoms with Gasteiger partial charge in [-0.25, -0.2) is 0 Å². The van der Waals surface area contributed by atoms with Crippen LogP contribution in [0.5, 0.6) is 5.75 Å². The largest absolute Gasteiger partial charge is 0.508 e. The third-order valence-electron chi connectivity index (χ3n) is 10.4. The number of fused-ring (bicyclic) bond motifs is 1. The van der Waals surface area contributed by atoms with Crippen molar-refractivity contribution in [2.45, 2.75) is 101 Å². The molecule has 4 atom stereocenters. The molecule has 1 fully saturated rings. The Hall–Kier alpha value is -6.38. The fraction of sp³-hybridized carbons (Fsp3) is 0.409. The van der Waals surface area contributed by atoms with Gasteiger partial charge in [-0.05, 0) is 60.6 Å². The number of phenolic OH excluding ortho intramolecular Hbond substituents is 1. The number of rotatable bonds is 10. The Kier molecular flexibility index (Phi) is 16.7. The van der Waals surface area contributed by atoms with E-state index in [2.05, 4.69) is 36.6 Å². The number of hydrogen-bond donors (Lipinski definition) is 9. The number of guanidine groups is 1. The van der Waals surface area contributed by atoms with Crippen LogP contribution in [-0.2, 0) is 43.2 Å². The third kappa shape index (κ3) is 14.2. The van der Waals surface area contributed by atoms with Gasteiger partial charge in [-0.1, -0.05) is 86.3 Å². The van der Waals surface area contributed by atoms with Gasteiger partial charge in [0.1, 0.15) is 29.9 Å². The summed E-state index contributed by atoms with van der Waals surface area (Å²) < 4.78 is 0. The highest BCUT2D eigenvalue weighted by atomic mass is 16.3. The molecule has 5 amide bonds. The summed E-state index contributed by atoms with van der Waals surface area (Å²) >= 11 is 0. The first-order valence-corrected chi connectivity index (χ1v) is 20.5. The minimum absolute atomic E-state index is 0.0613. The number of carbonyl (C=O) groups excluding carboxylic acids is 5. The lowest BCUT2D eigenvalue weighted by atomic mass is 10.0. The molecular weight excluding hydrogens is 751 g/mol. The van der Waals surface area contributed by atoms with E-state index in [1.807, 2.05) is 60.8 Å². The normalized spacial score (nSPS) is 20.8. The number of phenols is 1. The Labute approximate surface area is 344 Å². The summed E-state index contributed by atoms with van der Waals surface area (Å²) in [5.41, 5.74) is 14.3. The predicted molar refractivity (Wildman–Crippen MR) is 227 cm³/mol. The fourth-order valence-electron chi connectivity index (χ4n) is 7.17. The van der Waals surface area contributed by atoms with Gasteiger partial charge in [-0.15, -0.1) is 0 Å². The summed E-state index contributed by atoms with van der Waals surface area (Å²) in [5.74, 6) is -2.52. The zero-order chi connectivity index (χ0) is 42.0. The van der Waals surface area contributed by atoms with E-state index in [0.717, 1.165) is 54.1 Å². The van der Waals surface area contributed by atoms with Crippen LogP contribution in [0.4, 0.5) is 0 Å². The van der Waals surface area contributed by atoms with Gasteiger partial charge in [-0.2, -0.15) is 0 Å². The quantitative estimate of drug-likeness (QED) is 0.0654. The summed E-state index contributed by atoms with van der Waals surface area (Å²) in [6.07, 6.45) is 7.72. The highest BCUT2D eigenvalue weighted by molar-refractivity contribution is 5.96. The predicted octanol–water partition coefficient (Wildman–Crippen LogP) is 2.75. The first kappa shape index (κ1) is 43.7. The number of aromatic hydroxyl groups is 1. The molecule has 15 nitrogen and oxygen atoms in total. The Bertz CT molecular complexity index is 2030. The van der Waals surface area contributed by atoms with Crippen molar-refractivity contribution in [2.75, 3.05) is 13.1 Å². The van der Waals surface area contributed by atoms with Gasteiger partial charge < -0.3 is 48.1 Å². The average molecular weight is 808 g/mol. The number of carbonyl (C=O) groups is 5. The van der Waals surface area contributed by atoms with E-state index in [9.17, 15) is 29.1 Å². The molecule has 1 saturated heterocycles. The molecule has 0 aliphatic carbocycles. The minimum atomic E-state index is -1.17. The Morgan fingerprint density at radius 3 is 1.92 bits per heavy atom. The first-order chi connectivity index (χ1) is 28.5. The number of nitrogens with two attached hydrogens (primary N) is 2. The van der Waals surface area contributed by atoms with Crippen molar-refractivity contribution >= 4 is 46.4 Å². The SMILES string of the molecule is NC(N)=NCCC[C@@H]1NC(=O)[C@@H](Cc2ccccc2)NC(=O)[C@H](Cc2ccc(O)cc2)NC(=O)CCCCCCCCNC(=O)[C@H](Cc2c[nH]c3ccccc23)NC1=O. The molecule has 314 valence electrons. The lowest BCUT2D eigenvalue weighted by Gasteiger charge is -2.27. The van der Waals surface area contributed by atoms with Crippen LogP contribution in [0.1, 0.15) is 74.5 Å². The highest BCUT2D eigenvalue weighted by Crippen LogP contribution is 2.20. The number of amides is 5. The number of aliphatic imine (C=N–C) groups is 1. The fourth-order valence-corrected chi connectivity index (χ4v) is 7.17. The second-order valence-electron chi connectivity index (χ2n) is 15.0. The van der Waals surface area contributed by atoms with E-state index in [4.69, 9.17) is 11.5 Å². The molecule has 5 rings (SSSR count). The van der Waals surface area contributed by atoms with Gasteiger partial charge in [0.25, 0.3) is 0 Å². The van der Waals surface area contributed by atoms with E-state index in [-0.39, 0.29) is 62.2 Å². The molecule has 0 unspecified atom stereocenters. The van der Waals surface area contributed by atoms with Crippen molar-refractivity contribution in [1.29, 1.82) is 0 Å². The van der Waals surface area contributed by atoms with Crippen LogP contribution in [0, 0.1) is 0 Å². The van der Waals surface area contributed by atoms with Crippen molar-refractivity contribution in [2.24, 2.45) is 16.5 Å². The second-order valence-corrected chi connectivity index (χ2v) is 15.0. The van der Waals surface area contributed by atoms with Gasteiger partial charge in [0, 0.05) is 55.9 Å². The van der Waals surface area contributed by atoms with E-state index in [1.54, 1.807) is 12.1 Å². The monoisotopic (exact) mass is 807 g/mol. The molecule has 0 radical (unpaired) electrons. The van der Waals surface area contributed by atoms with E-state index in [0.29, 0.717) is 24.9 Å². The molecule has 59 heavy (non-hydrogen) atoms. The lowest BCUT2D eigenvalue weighted by Crippen LogP contribution is -2.59. The van der Waals surface area contributed by atoms with Gasteiger partial charge in [0.05, 0.1) is 0 Å². The molecule has 1 aromatic heterocycles. The summed E-state index contributed by atoms with van der Waals surface area (Å²) in [6, 6.07) is 18.8. The number of aromatic nitrogens is 1. The lowest BCUT2D eigenvalue weighted by molar-refractivity contribution is -0.134. The van der Waals surface area contributed by atoms with Crippen LogP contribution in [0.15, 0.2) is 90.1 Å². The standard InChI is InChI=1S/C44H57N9O6/c45-44(46)48-24-12-17-35-41(57)53-38(27-31-28-49-34-16-10-9-15-33(31)34)40(56)47-23-11-4-2-1-3-8-18-39(55)50-36(26-30-19-21-32(54)22-20-30)42(58)52-37(43(59)51-35)25-29-13-6-5-7-14-29/h5-7,9-10,13-16,19-22,28,35-38,49,54H,1-4,8,11-12,17-18,23-27H2,(H,47,56)(H,50,55)(H,51,59)(H,52,58)(H,53,57)(H4,45,46,48)/t35-,36-,37+,38-/m0/s1. The summed E-state index contributed by atoms with van der Waals surface area (Å²) in [5, 5.41) is 25.3. The number of benzene rings is 3. The third-order valence-corrected chi connectivity index (χ3v) is 10.4. The van der Waals surface area contributed by atoms with Crippen molar-refractivity contribution in [3.8, 4) is 5.75 Å². The Morgan fingerprint density at radius 1 is 0.627 bits per heavy atom. The molecule has 11 N–H and O–H groups in total. The van der Waals surface area contributed by atoms with Crippen molar-refractivity contribution < 1.29 is 29.1 Å². The molecule has 0 spiro atoms. The van der Waals surface area contributed by atoms with Crippen LogP contribution in [0.3, 0.4) is 0 Å². The van der Waals surface area contributed by atoms with E-state index < -0.39 is 41.9 Å². The van der Waals surface area contributed by atoms with Crippen LogP contribution in [0.2, 0.25) is 0 Å². The van der Waals surface area contributed by atoms with Gasteiger partial charge in [0.2, 0.25) is 29.5 Å². The molecule has 0 bridgehead atoms. The van der Waals surface area contributed by atoms with Crippen molar-refractivity contribution in [3.63, 3.8) is 0 Å². The molecule has 1 aliphatic heterocycles. The summed E-state index contributed by atoms with van der Waals surface area (Å²) in [6.45, 7) is 0.605. The van der Waals surface area contributed by atoms with Crippen molar-refractivity contribution in [3.05, 3.63) is 102 Å². The number of nitrogens with zero attached hydrogens (tertiary/aromatic N) is 1. The number of aromatic amines is 1. The van der Waals surface area contributed by atoms with Crippen LogP contribution in [-0.4, -0.2) is 82.8 Å². The maximum absolute atomic E-state index is 14.4. The number of para-hydroxylation sites is 1. The summed E-state index contributed by atoms with van der Waals surface area (Å²) in [4.78, 5) is 77.1. The zero-order valence-corrected chi connectivity index (χ0v) is 33.4. The van der Waals surface area contributed by atoms with Crippen LogP contribution < -0.4 is 38.1 Å². The average Bonchev–Trinajstić information content (AvgIpc) is 3.63. The second kappa shape index (κ2) is 22.5. The molecule has 15 heteroatoms. The molecule has 4 aromatic rings. The van der Waals surface area contributed by atoms with Crippen LogP contribution in [0.25, 0.3) is 10.9 Å². The number of H-pyrrole nitrogens is 1. The Balaban J connectivity index is 1.45. The van der Waals surface area contributed by atoms with Gasteiger partial charge in [0.15, 0.2) is 5.96 Å². The smallest absolute Gasteiger partial charge is 0.243 e. The molecule has 0 saturated carbocycles. The maximum atomic E-state index is 14.4. The zero-order valence-electron chi connectivity index (χ0n) is 33.4. The van der Waals surface area contributed by atoms with Crippen LogP contribution >= 0.6 is 0 Å². The minimum Gasteiger partial charge on any atom is -0.508 e. The highest BCUT2D eigenvalue weighted by Gasteiger charge is 2.32.